The van der Waals surface area contributed by atoms with Crippen molar-refractivity contribution in [2.24, 2.45) is 5.73 Å². The van der Waals surface area contributed by atoms with Crippen molar-refractivity contribution in [3.63, 3.8) is 0 Å². The number of rotatable bonds is 18. The zero-order valence-corrected chi connectivity index (χ0v) is 46.5. The monoisotopic (exact) mass is 1080 g/mol. The van der Waals surface area contributed by atoms with Gasteiger partial charge in [-0.25, -0.2) is 0 Å². The van der Waals surface area contributed by atoms with Gasteiger partial charge in [-0.3, -0.25) is 28.8 Å². The molecular formula is C60H76N8O11. The van der Waals surface area contributed by atoms with Crippen molar-refractivity contribution in [3.8, 4) is 23.0 Å². The number of hydrogen-bond donors (Lipinski definition) is 7. The Hall–Kier alpha value is -8.32. The first kappa shape index (κ1) is 59.9. The van der Waals surface area contributed by atoms with Crippen LogP contribution in [0.1, 0.15) is 123 Å². The number of amides is 6. The van der Waals surface area contributed by atoms with Crippen LogP contribution in [0.15, 0.2) is 91.0 Å². The number of aliphatic hydroxyl groups is 1. The minimum atomic E-state index is -1.08. The normalized spacial score (nSPS) is 16.2. The lowest BCUT2D eigenvalue weighted by Gasteiger charge is -2.26. The van der Waals surface area contributed by atoms with Crippen LogP contribution in [0.2, 0.25) is 0 Å². The molecule has 0 radical (unpaired) electrons. The molecule has 0 spiro atoms. The first-order valence-electron chi connectivity index (χ1n) is 27.1. The second-order valence-electron chi connectivity index (χ2n) is 19.1. The third-order valence-electron chi connectivity index (χ3n) is 13.6. The second-order valence-corrected chi connectivity index (χ2v) is 19.1. The van der Waals surface area contributed by atoms with Crippen LogP contribution in [0.5, 0.6) is 23.0 Å². The summed E-state index contributed by atoms with van der Waals surface area (Å²) in [6, 6.07) is 26.0. The number of hydrogen-bond acceptors (Lipinski definition) is 13. The van der Waals surface area contributed by atoms with Crippen LogP contribution in [0.3, 0.4) is 0 Å². The van der Waals surface area contributed by atoms with Crippen molar-refractivity contribution >= 4 is 64.4 Å². The number of carbonyl (C=O) groups excluding carboxylic acids is 6. The van der Waals surface area contributed by atoms with E-state index in [0.29, 0.717) is 70.2 Å². The van der Waals surface area contributed by atoms with E-state index in [0.717, 1.165) is 48.2 Å². The minimum Gasteiger partial charge on any atom is -0.493 e. The van der Waals surface area contributed by atoms with Crippen molar-refractivity contribution in [3.05, 3.63) is 124 Å². The van der Waals surface area contributed by atoms with Crippen LogP contribution in [-0.4, -0.2) is 92.7 Å². The molecule has 19 heteroatoms. The third kappa shape index (κ3) is 14.6. The number of anilines is 5. The molecule has 5 aromatic rings. The smallest absolute Gasteiger partial charge is 0.260 e. The van der Waals surface area contributed by atoms with E-state index in [2.05, 4.69) is 46.2 Å². The van der Waals surface area contributed by atoms with E-state index in [9.17, 15) is 29.1 Å². The molecule has 0 saturated heterocycles. The molecule has 4 aliphatic rings. The van der Waals surface area contributed by atoms with Crippen LogP contribution in [0, 0.1) is 0 Å². The average Bonchev–Trinajstić information content (AvgIpc) is 4.21. The van der Waals surface area contributed by atoms with Crippen molar-refractivity contribution in [2.45, 2.75) is 130 Å². The zero-order valence-electron chi connectivity index (χ0n) is 46.5. The Morgan fingerprint density at radius 1 is 0.734 bits per heavy atom. The number of ether oxygens (including phenoxy) is 4. The molecule has 5 aromatic carbocycles. The second kappa shape index (κ2) is 28.9. The highest BCUT2D eigenvalue weighted by Gasteiger charge is 2.42. The van der Waals surface area contributed by atoms with Crippen LogP contribution in [-0.2, 0) is 45.2 Å². The van der Waals surface area contributed by atoms with E-state index in [1.807, 2.05) is 80.3 Å². The molecule has 0 aliphatic carbocycles. The lowest BCUT2D eigenvalue weighted by Crippen LogP contribution is -2.45. The fraction of sp³-hybridized carbons (Fsp3) is 0.400. The predicted octanol–water partition coefficient (Wildman–Crippen LogP) is 8.25. The van der Waals surface area contributed by atoms with Gasteiger partial charge in [-0.05, 0) is 90.9 Å². The van der Waals surface area contributed by atoms with Gasteiger partial charge in [0.15, 0.2) is 23.0 Å². The lowest BCUT2D eigenvalue weighted by atomic mass is 10.1. The van der Waals surface area contributed by atoms with E-state index in [-0.39, 0.29) is 61.4 Å². The maximum Gasteiger partial charge on any atom is 0.260 e. The molecule has 4 heterocycles. The highest BCUT2D eigenvalue weighted by atomic mass is 16.5. The van der Waals surface area contributed by atoms with Crippen molar-refractivity contribution in [1.82, 2.24) is 10.6 Å². The third-order valence-corrected chi connectivity index (χ3v) is 13.6. The van der Waals surface area contributed by atoms with E-state index in [1.54, 1.807) is 48.2 Å². The number of fused-ring (bicyclic) bond motifs is 8. The predicted molar refractivity (Wildman–Crippen MR) is 306 cm³/mol. The maximum absolute atomic E-state index is 14.1. The molecule has 0 bridgehead atoms. The summed E-state index contributed by atoms with van der Waals surface area (Å²) in [6.45, 7) is 12.2. The van der Waals surface area contributed by atoms with E-state index < -0.39 is 30.1 Å². The van der Waals surface area contributed by atoms with Gasteiger partial charge in [0.05, 0.1) is 55.3 Å². The summed E-state index contributed by atoms with van der Waals surface area (Å²) in [6.07, 6.45) is 5.96. The Balaban J connectivity index is 0.00000105. The van der Waals surface area contributed by atoms with Gasteiger partial charge in [0.25, 0.3) is 11.8 Å². The molecule has 0 fully saturated rings. The number of nitrogens with two attached hydrogens (primary N) is 1. The van der Waals surface area contributed by atoms with E-state index in [4.69, 9.17) is 23.7 Å². The number of unbranched alkanes of at least 4 members (excludes halogenated alkanes) is 3. The average molecular weight is 1090 g/mol. The van der Waals surface area contributed by atoms with Crippen LogP contribution in [0.4, 0.5) is 28.4 Å². The fourth-order valence-electron chi connectivity index (χ4n) is 9.59. The molecule has 8 N–H and O–H groups in total. The summed E-state index contributed by atoms with van der Waals surface area (Å²) in [5.74, 6) is -0.364. The van der Waals surface area contributed by atoms with E-state index in [1.165, 1.54) is 27.1 Å². The van der Waals surface area contributed by atoms with Gasteiger partial charge in [-0.15, -0.1) is 0 Å². The lowest BCUT2D eigenvalue weighted by molar-refractivity contribution is -0.128. The molecule has 79 heavy (non-hydrogen) atoms. The highest BCUT2D eigenvalue weighted by Crippen LogP contribution is 2.43. The zero-order chi connectivity index (χ0) is 57.2. The number of carbonyl (C=O) groups is 6. The number of primary amides is 1. The molecule has 19 nitrogen and oxygen atoms in total. The largest absolute Gasteiger partial charge is 0.493 e. The Morgan fingerprint density at radius 2 is 1.28 bits per heavy atom. The van der Waals surface area contributed by atoms with Crippen LogP contribution >= 0.6 is 0 Å². The molecule has 422 valence electrons. The topological polar surface area (TPSA) is 252 Å². The van der Waals surface area contributed by atoms with Gasteiger partial charge in [0.1, 0.15) is 25.5 Å². The van der Waals surface area contributed by atoms with Gasteiger partial charge in [-0.1, -0.05) is 96.7 Å². The fourth-order valence-corrected chi connectivity index (χ4v) is 9.59. The summed E-state index contributed by atoms with van der Waals surface area (Å²) in [5.41, 5.74) is 11.3. The molecule has 0 aromatic heterocycles. The Labute approximate surface area is 462 Å². The number of para-hydroxylation sites is 2. The number of aliphatic hydroxyl groups excluding tert-OH is 1. The molecule has 4 atom stereocenters. The van der Waals surface area contributed by atoms with Gasteiger partial charge >= 0.3 is 0 Å². The van der Waals surface area contributed by atoms with Crippen molar-refractivity contribution in [1.29, 1.82) is 0 Å². The van der Waals surface area contributed by atoms with Gasteiger partial charge in [-0.2, -0.15) is 0 Å². The van der Waals surface area contributed by atoms with Gasteiger partial charge < -0.3 is 66.2 Å². The quantitative estimate of drug-likeness (QED) is 0.0323. The molecular weight excluding hydrogens is 1010 g/mol. The summed E-state index contributed by atoms with van der Waals surface area (Å²) in [7, 11) is 2.99. The van der Waals surface area contributed by atoms with Crippen molar-refractivity contribution < 1.29 is 52.8 Å². The van der Waals surface area contributed by atoms with Crippen LogP contribution < -0.4 is 61.1 Å². The SMILES string of the molecule is CC.CCCC.CCCCCC(=O)NCC(=O)NC(C)C(=O)Nc1cc(COc2cc3c(cc2OC)C(=O)N2c4ccccc4CC2CN3)cc(COc2cc3c(cc2OC)C(=O)N2c4ccccc4CC2[C@@H](O)N3)c1.NC=O. The van der Waals surface area contributed by atoms with Crippen molar-refractivity contribution in [2.75, 3.05) is 53.1 Å². The van der Waals surface area contributed by atoms with Crippen LogP contribution in [0.25, 0.3) is 0 Å². The van der Waals surface area contributed by atoms with Gasteiger partial charge in [0, 0.05) is 42.2 Å². The molecule has 9 rings (SSSR count). The molecule has 4 aliphatic heterocycles. The number of methoxy groups -OCH3 is 2. The maximum atomic E-state index is 14.1. The Bertz CT molecular complexity index is 2950. The number of nitrogens with one attached hydrogen (secondary N) is 5. The van der Waals surface area contributed by atoms with Gasteiger partial charge in [0.2, 0.25) is 24.1 Å². The summed E-state index contributed by atoms with van der Waals surface area (Å²) < 4.78 is 24.3. The number of benzene rings is 5. The standard InChI is InChI=1S/C53H57N7O10.C4H10.C2H6.CH3NO/c1-5-6-7-16-48(61)55-27-49(62)56-30(2)50(63)57-35-18-31(28-69-46-24-39-37(22-44(46)67-3)52(65)59-36(26-54-39)20-33-12-8-10-14-41(33)59)17-32(19-35)29-70-47-25-40-38(23-45(47)68-4)53(66)60-42-15-11-9-13-34(42)21-43(60)51(64)58-40;1-3-4-2;1-2;2-1-3/h8-15,17-19,22-25,30,36,43,51,54,58,64H,5-7,16,20-21,26-29H2,1-4H3,(H,55,61)(H,56,62)(H,57,63);3-4H2,1-2H3;1-2H3;1H,(H2,2,3)/t30?,36?,43?,51-;;;/m1.../s1. The number of nitrogens with zero attached hydrogens (tertiary/aromatic N) is 2. The molecule has 0 saturated carbocycles. The van der Waals surface area contributed by atoms with E-state index >= 15 is 0 Å². The summed E-state index contributed by atoms with van der Waals surface area (Å²) in [4.78, 5) is 78.8. The minimum absolute atomic E-state index is 0.000938. The Kier molecular flexibility index (Phi) is 21.9. The first-order chi connectivity index (χ1) is 38.2. The summed E-state index contributed by atoms with van der Waals surface area (Å²) >= 11 is 0. The first-order valence-corrected chi connectivity index (χ1v) is 27.1. The highest BCUT2D eigenvalue weighted by molar-refractivity contribution is 6.13. The summed E-state index contributed by atoms with van der Waals surface area (Å²) in [5, 5.41) is 26.1. The molecule has 3 unspecified atom stereocenters. The Morgan fingerprint density at radius 3 is 1.86 bits per heavy atom. The molecule has 6 amide bonds.